The van der Waals surface area contributed by atoms with Gasteiger partial charge in [0.05, 0.1) is 23.3 Å². The third-order valence-corrected chi connectivity index (χ3v) is 4.17. The van der Waals surface area contributed by atoms with E-state index in [2.05, 4.69) is 10.4 Å². The fourth-order valence-corrected chi connectivity index (χ4v) is 2.73. The van der Waals surface area contributed by atoms with Crippen LogP contribution in [0, 0.1) is 15.9 Å². The maximum Gasteiger partial charge on any atom is 0.362 e. The van der Waals surface area contributed by atoms with E-state index in [1.54, 1.807) is 6.92 Å². The van der Waals surface area contributed by atoms with E-state index in [0.717, 1.165) is 22.9 Å². The van der Waals surface area contributed by atoms with Crippen LogP contribution < -0.4 is 15.6 Å². The molecule has 0 aliphatic carbocycles. The molecular weight excluding hydrogens is 439 g/mol. The highest BCUT2D eigenvalue weighted by atomic mass is 19.1. The summed E-state index contributed by atoms with van der Waals surface area (Å²) in [5.41, 5.74) is -1.29. The molecule has 0 atom stereocenters. The lowest BCUT2D eigenvalue weighted by Crippen LogP contribution is -2.27. The van der Waals surface area contributed by atoms with E-state index >= 15 is 0 Å². The standard InChI is InChI=1S/C21H17FN4O7/c1-2-32-21(29)20-17(11-19(28)25(24-20)14-9-7-13(22)8-10-14)33-12-18(27)23-15-5-3-4-6-16(15)26(30)31/h3-11H,2,12H2,1H3,(H,23,27). The van der Waals surface area contributed by atoms with E-state index in [1.165, 1.54) is 36.4 Å². The average Bonchev–Trinajstić information content (AvgIpc) is 2.79. The predicted molar refractivity (Wildman–Crippen MR) is 113 cm³/mol. The summed E-state index contributed by atoms with van der Waals surface area (Å²) < 4.78 is 24.3. The molecule has 12 heteroatoms. The van der Waals surface area contributed by atoms with Crippen LogP contribution in [0.15, 0.2) is 59.4 Å². The van der Waals surface area contributed by atoms with Crippen molar-refractivity contribution >= 4 is 23.3 Å². The second kappa shape index (κ2) is 10.1. The zero-order valence-corrected chi connectivity index (χ0v) is 17.2. The van der Waals surface area contributed by atoms with E-state index in [1.807, 2.05) is 0 Å². The molecular formula is C21H17FN4O7. The van der Waals surface area contributed by atoms with Crippen molar-refractivity contribution in [2.45, 2.75) is 6.92 Å². The number of nitrogens with one attached hydrogen (secondary N) is 1. The van der Waals surface area contributed by atoms with Gasteiger partial charge in [-0.15, -0.1) is 0 Å². The van der Waals surface area contributed by atoms with Crippen molar-refractivity contribution in [2.24, 2.45) is 0 Å². The lowest BCUT2D eigenvalue weighted by molar-refractivity contribution is -0.383. The number of hydrogen-bond donors (Lipinski definition) is 1. The third kappa shape index (κ3) is 5.55. The van der Waals surface area contributed by atoms with Crippen LogP contribution in [-0.2, 0) is 9.53 Å². The molecule has 170 valence electrons. The molecule has 0 saturated heterocycles. The summed E-state index contributed by atoms with van der Waals surface area (Å²) >= 11 is 0. The van der Waals surface area contributed by atoms with Crippen molar-refractivity contribution in [3.63, 3.8) is 0 Å². The first-order valence-electron chi connectivity index (χ1n) is 9.53. The molecule has 1 heterocycles. The monoisotopic (exact) mass is 456 g/mol. The number of ether oxygens (including phenoxy) is 2. The Morgan fingerprint density at radius 2 is 1.88 bits per heavy atom. The number of nitrogens with zero attached hydrogens (tertiary/aromatic N) is 3. The fraction of sp³-hybridized carbons (Fsp3) is 0.143. The summed E-state index contributed by atoms with van der Waals surface area (Å²) in [7, 11) is 0. The van der Waals surface area contributed by atoms with Gasteiger partial charge in [0.1, 0.15) is 11.5 Å². The van der Waals surface area contributed by atoms with E-state index in [4.69, 9.17) is 9.47 Å². The second-order valence-corrected chi connectivity index (χ2v) is 6.42. The van der Waals surface area contributed by atoms with Gasteiger partial charge in [-0.1, -0.05) is 12.1 Å². The first-order valence-corrected chi connectivity index (χ1v) is 9.53. The van der Waals surface area contributed by atoms with Gasteiger partial charge in [0.25, 0.3) is 17.2 Å². The van der Waals surface area contributed by atoms with Crippen molar-refractivity contribution in [2.75, 3.05) is 18.5 Å². The summed E-state index contributed by atoms with van der Waals surface area (Å²) in [4.78, 5) is 47.5. The molecule has 1 aromatic heterocycles. The van der Waals surface area contributed by atoms with Gasteiger partial charge in [0.2, 0.25) is 5.69 Å². The number of para-hydroxylation sites is 2. The molecule has 3 aromatic rings. The number of esters is 1. The lowest BCUT2D eigenvalue weighted by Gasteiger charge is -2.12. The zero-order valence-electron chi connectivity index (χ0n) is 17.2. The SMILES string of the molecule is CCOC(=O)c1nn(-c2ccc(F)cc2)c(=O)cc1OCC(=O)Nc1ccccc1[N+](=O)[O-]. The number of halogens is 1. The van der Waals surface area contributed by atoms with Gasteiger partial charge in [-0.05, 0) is 37.3 Å². The Bertz CT molecular complexity index is 1260. The second-order valence-electron chi connectivity index (χ2n) is 6.42. The van der Waals surface area contributed by atoms with Gasteiger partial charge in [-0.25, -0.2) is 9.18 Å². The number of nitro groups is 1. The zero-order chi connectivity index (χ0) is 24.0. The highest BCUT2D eigenvalue weighted by Crippen LogP contribution is 2.23. The number of nitro benzene ring substituents is 1. The molecule has 0 fully saturated rings. The lowest BCUT2D eigenvalue weighted by atomic mass is 10.2. The Morgan fingerprint density at radius 3 is 2.55 bits per heavy atom. The Labute approximate surface area is 185 Å². The molecule has 0 bridgehead atoms. The molecule has 0 aliphatic rings. The molecule has 0 aliphatic heterocycles. The van der Waals surface area contributed by atoms with Crippen LogP contribution in [0.25, 0.3) is 5.69 Å². The molecule has 2 aromatic carbocycles. The maximum atomic E-state index is 13.2. The molecule has 0 spiro atoms. The number of anilines is 1. The molecule has 1 amide bonds. The Hall–Kier alpha value is -4.61. The quantitative estimate of drug-likeness (QED) is 0.309. The summed E-state index contributed by atoms with van der Waals surface area (Å²) in [5.74, 6) is -2.54. The van der Waals surface area contributed by atoms with E-state index in [9.17, 15) is 28.9 Å². The van der Waals surface area contributed by atoms with Gasteiger partial charge in [0, 0.05) is 6.07 Å². The van der Waals surface area contributed by atoms with Crippen LogP contribution in [0.4, 0.5) is 15.8 Å². The van der Waals surface area contributed by atoms with Crippen LogP contribution in [0.5, 0.6) is 5.75 Å². The predicted octanol–water partition coefficient (Wildman–Crippen LogP) is 2.47. The Morgan fingerprint density at radius 1 is 1.18 bits per heavy atom. The normalized spacial score (nSPS) is 10.4. The van der Waals surface area contributed by atoms with Crippen molar-refractivity contribution in [1.29, 1.82) is 0 Å². The maximum absolute atomic E-state index is 13.2. The largest absolute Gasteiger partial charge is 0.481 e. The van der Waals surface area contributed by atoms with Gasteiger partial charge >= 0.3 is 5.97 Å². The number of aromatic nitrogens is 2. The Kier molecular flexibility index (Phi) is 7.08. The molecule has 0 unspecified atom stereocenters. The van der Waals surface area contributed by atoms with E-state index in [0.29, 0.717) is 0 Å². The van der Waals surface area contributed by atoms with Gasteiger partial charge < -0.3 is 14.8 Å². The first-order chi connectivity index (χ1) is 15.8. The molecule has 11 nitrogen and oxygen atoms in total. The Balaban J connectivity index is 1.86. The first kappa shape index (κ1) is 23.1. The minimum absolute atomic E-state index is 0.00773. The van der Waals surface area contributed by atoms with Gasteiger partial charge in [-0.2, -0.15) is 9.78 Å². The topological polar surface area (TPSA) is 143 Å². The summed E-state index contributed by atoms with van der Waals surface area (Å²) in [6.45, 7) is 0.891. The van der Waals surface area contributed by atoms with E-state index in [-0.39, 0.29) is 35.1 Å². The summed E-state index contributed by atoms with van der Waals surface area (Å²) in [5, 5.41) is 17.4. The molecule has 33 heavy (non-hydrogen) atoms. The summed E-state index contributed by atoms with van der Waals surface area (Å²) in [6.07, 6.45) is 0. The van der Waals surface area contributed by atoms with Crippen molar-refractivity contribution in [1.82, 2.24) is 9.78 Å². The van der Waals surface area contributed by atoms with Gasteiger partial charge in [-0.3, -0.25) is 19.7 Å². The van der Waals surface area contributed by atoms with Crippen molar-refractivity contribution in [3.8, 4) is 11.4 Å². The third-order valence-electron chi connectivity index (χ3n) is 4.17. The molecule has 0 radical (unpaired) electrons. The van der Waals surface area contributed by atoms with Crippen molar-refractivity contribution in [3.05, 3.63) is 86.6 Å². The number of rotatable bonds is 8. The summed E-state index contributed by atoms with van der Waals surface area (Å²) in [6, 6.07) is 11.2. The minimum Gasteiger partial charge on any atom is -0.481 e. The van der Waals surface area contributed by atoms with Crippen LogP contribution in [0.2, 0.25) is 0 Å². The van der Waals surface area contributed by atoms with Crippen LogP contribution in [0.1, 0.15) is 17.4 Å². The van der Waals surface area contributed by atoms with Crippen LogP contribution in [-0.4, -0.2) is 39.8 Å². The van der Waals surface area contributed by atoms with Crippen LogP contribution in [0.3, 0.4) is 0 Å². The van der Waals surface area contributed by atoms with E-state index < -0.39 is 34.8 Å². The molecule has 0 saturated carbocycles. The number of carbonyl (C=O) groups is 2. The fourth-order valence-electron chi connectivity index (χ4n) is 2.73. The highest BCUT2D eigenvalue weighted by molar-refractivity contribution is 5.94. The van der Waals surface area contributed by atoms with Crippen LogP contribution >= 0.6 is 0 Å². The number of carbonyl (C=O) groups excluding carboxylic acids is 2. The molecule has 3 rings (SSSR count). The van der Waals surface area contributed by atoms with Crippen molar-refractivity contribution < 1.29 is 28.4 Å². The average molecular weight is 456 g/mol. The number of benzene rings is 2. The highest BCUT2D eigenvalue weighted by Gasteiger charge is 2.21. The minimum atomic E-state index is -0.914. The van der Waals surface area contributed by atoms with Gasteiger partial charge in [0.15, 0.2) is 12.4 Å². The smallest absolute Gasteiger partial charge is 0.362 e. The number of hydrogen-bond acceptors (Lipinski definition) is 8. The number of amides is 1. The molecule has 1 N–H and O–H groups in total.